The van der Waals surface area contributed by atoms with Crippen LogP contribution in [0.3, 0.4) is 0 Å². The molecule has 0 aliphatic carbocycles. The number of benzene rings is 1. The average molecular weight is 504 g/mol. The molecular weight excluding hydrogens is 478 g/mol. The van der Waals surface area contributed by atoms with E-state index in [-0.39, 0.29) is 11.5 Å². The van der Waals surface area contributed by atoms with Gasteiger partial charge in [-0.15, -0.1) is 6.58 Å². The van der Waals surface area contributed by atoms with Crippen molar-refractivity contribution >= 4 is 57.4 Å². The lowest BCUT2D eigenvalue weighted by Gasteiger charge is -2.37. The second-order valence-corrected chi connectivity index (χ2v) is 10.2. The highest BCUT2D eigenvalue weighted by Crippen LogP contribution is 2.33. The molecule has 2 saturated heterocycles. The van der Waals surface area contributed by atoms with Crippen molar-refractivity contribution in [2.24, 2.45) is 0 Å². The van der Waals surface area contributed by atoms with Gasteiger partial charge in [-0.25, -0.2) is 4.98 Å². The Morgan fingerprint density at radius 2 is 1.77 bits per heavy atom. The molecule has 0 bridgehead atoms. The molecule has 4 heterocycles. The Kier molecular flexibility index (Phi) is 6.44. The predicted molar refractivity (Wildman–Crippen MR) is 147 cm³/mol. The summed E-state index contributed by atoms with van der Waals surface area (Å²) < 4.78 is 2.01. The molecular formula is C26H25N5O2S2. The van der Waals surface area contributed by atoms with Crippen LogP contribution in [0.25, 0.3) is 11.7 Å². The molecule has 1 amide bonds. The third kappa shape index (κ3) is 4.49. The van der Waals surface area contributed by atoms with Gasteiger partial charge in [0.2, 0.25) is 0 Å². The summed E-state index contributed by atoms with van der Waals surface area (Å²) >= 11 is 6.59. The fourth-order valence-corrected chi connectivity index (χ4v) is 5.60. The van der Waals surface area contributed by atoms with Gasteiger partial charge in [0.1, 0.15) is 15.8 Å². The zero-order valence-electron chi connectivity index (χ0n) is 19.4. The Morgan fingerprint density at radius 3 is 2.49 bits per heavy atom. The molecule has 0 saturated carbocycles. The van der Waals surface area contributed by atoms with Gasteiger partial charge in [0.15, 0.2) is 0 Å². The molecule has 0 atom stereocenters. The molecule has 9 heteroatoms. The molecule has 2 fully saturated rings. The van der Waals surface area contributed by atoms with E-state index in [9.17, 15) is 9.59 Å². The lowest BCUT2D eigenvalue weighted by atomic mass is 10.2. The van der Waals surface area contributed by atoms with Gasteiger partial charge in [0.25, 0.3) is 11.5 Å². The van der Waals surface area contributed by atoms with Crippen LogP contribution in [-0.2, 0) is 4.79 Å². The Bertz CT molecular complexity index is 1410. The van der Waals surface area contributed by atoms with E-state index in [1.807, 2.05) is 37.3 Å². The molecule has 7 nitrogen and oxygen atoms in total. The van der Waals surface area contributed by atoms with E-state index in [1.165, 1.54) is 22.3 Å². The number of thiocarbonyl (C=S) groups is 1. The monoisotopic (exact) mass is 503 g/mol. The van der Waals surface area contributed by atoms with Crippen LogP contribution in [0.1, 0.15) is 11.1 Å². The van der Waals surface area contributed by atoms with Crippen molar-refractivity contribution in [1.82, 2.24) is 14.3 Å². The topological polar surface area (TPSA) is 61.2 Å². The second-order valence-electron chi connectivity index (χ2n) is 8.48. The number of aromatic nitrogens is 2. The fraction of sp³-hybridized carbons (Fsp3) is 0.231. The number of para-hydroxylation sites is 1. The Labute approximate surface area is 213 Å². The van der Waals surface area contributed by atoms with Gasteiger partial charge in [-0.2, -0.15) is 0 Å². The van der Waals surface area contributed by atoms with Crippen molar-refractivity contribution in [3.8, 4) is 0 Å². The van der Waals surface area contributed by atoms with E-state index in [0.29, 0.717) is 45.9 Å². The SMILES string of the molecule is C=CCN1C(=O)C(=Cc2c(N3CCN(c4ccccc4)CC3)nc3ccc(C)cn3c2=O)SC1=S. The zero-order chi connectivity index (χ0) is 24.5. The van der Waals surface area contributed by atoms with Crippen molar-refractivity contribution < 1.29 is 4.79 Å². The van der Waals surface area contributed by atoms with Gasteiger partial charge >= 0.3 is 0 Å². The molecule has 2 aliphatic heterocycles. The van der Waals surface area contributed by atoms with Gasteiger partial charge in [0, 0.05) is 44.6 Å². The Morgan fingerprint density at radius 1 is 1.06 bits per heavy atom. The predicted octanol–water partition coefficient (Wildman–Crippen LogP) is 3.72. The summed E-state index contributed by atoms with van der Waals surface area (Å²) in [5.41, 5.74) is 2.92. The summed E-state index contributed by atoms with van der Waals surface area (Å²) in [6.45, 7) is 9.01. The number of carbonyl (C=O) groups excluding carboxylic acids is 1. The number of carbonyl (C=O) groups is 1. The largest absolute Gasteiger partial charge is 0.368 e. The number of rotatable bonds is 5. The maximum absolute atomic E-state index is 13.7. The molecule has 2 aliphatic rings. The minimum absolute atomic E-state index is 0.201. The van der Waals surface area contributed by atoms with E-state index >= 15 is 0 Å². The van der Waals surface area contributed by atoms with Gasteiger partial charge in [0.05, 0.1) is 10.5 Å². The average Bonchev–Trinajstić information content (AvgIpc) is 3.14. The number of pyridine rings is 1. The number of piperazine rings is 1. The van der Waals surface area contributed by atoms with E-state index in [2.05, 4.69) is 28.5 Å². The van der Waals surface area contributed by atoms with Crippen molar-refractivity contribution in [3.05, 3.63) is 87.7 Å². The lowest BCUT2D eigenvalue weighted by Crippen LogP contribution is -2.47. The van der Waals surface area contributed by atoms with E-state index in [1.54, 1.807) is 22.7 Å². The highest BCUT2D eigenvalue weighted by Gasteiger charge is 2.32. The Balaban J connectivity index is 1.55. The van der Waals surface area contributed by atoms with Crippen molar-refractivity contribution in [1.29, 1.82) is 0 Å². The number of hydrogen-bond acceptors (Lipinski definition) is 7. The van der Waals surface area contributed by atoms with Crippen molar-refractivity contribution in [3.63, 3.8) is 0 Å². The standard InChI is InChI=1S/C26H25N5O2S2/c1-3-11-30-25(33)21(35-26(30)34)16-20-23(27-22-10-9-18(2)17-31(22)24(20)32)29-14-12-28(13-15-29)19-7-5-4-6-8-19/h3-10,16-17H,1,11-15H2,2H3. The summed E-state index contributed by atoms with van der Waals surface area (Å²) in [6, 6.07) is 14.1. The van der Waals surface area contributed by atoms with Crippen molar-refractivity contribution in [2.45, 2.75) is 6.92 Å². The van der Waals surface area contributed by atoms with Crippen molar-refractivity contribution in [2.75, 3.05) is 42.5 Å². The van der Waals surface area contributed by atoms with Gasteiger partial charge in [-0.3, -0.25) is 18.9 Å². The molecule has 5 rings (SSSR count). The first-order chi connectivity index (χ1) is 17.0. The van der Waals surface area contributed by atoms with Crippen LogP contribution < -0.4 is 15.4 Å². The summed E-state index contributed by atoms with van der Waals surface area (Å²) in [4.78, 5) is 37.9. The normalized spacial score (nSPS) is 17.6. The fourth-order valence-electron chi connectivity index (χ4n) is 4.35. The minimum Gasteiger partial charge on any atom is -0.368 e. The minimum atomic E-state index is -0.214. The van der Waals surface area contributed by atoms with Crippen LogP contribution in [0.15, 0.2) is 71.0 Å². The number of fused-ring (bicyclic) bond motifs is 1. The highest BCUT2D eigenvalue weighted by molar-refractivity contribution is 8.26. The molecule has 3 aromatic rings. The quantitative estimate of drug-likeness (QED) is 0.299. The maximum Gasteiger partial charge on any atom is 0.267 e. The molecule has 35 heavy (non-hydrogen) atoms. The molecule has 0 unspecified atom stereocenters. The molecule has 1 aromatic carbocycles. The molecule has 0 radical (unpaired) electrons. The van der Waals surface area contributed by atoms with Crippen LogP contribution in [0, 0.1) is 6.92 Å². The van der Waals surface area contributed by atoms with E-state index in [4.69, 9.17) is 17.2 Å². The summed E-state index contributed by atoms with van der Waals surface area (Å²) in [5, 5.41) is 0. The van der Waals surface area contributed by atoms with Crippen LogP contribution >= 0.6 is 24.0 Å². The molecule has 0 N–H and O–H groups in total. The van der Waals surface area contributed by atoms with Crippen LogP contribution in [0.4, 0.5) is 11.5 Å². The first kappa shape index (κ1) is 23.3. The number of nitrogens with zero attached hydrogens (tertiary/aromatic N) is 5. The van der Waals surface area contributed by atoms with Crippen LogP contribution in [0.5, 0.6) is 0 Å². The zero-order valence-corrected chi connectivity index (χ0v) is 21.0. The first-order valence-corrected chi connectivity index (χ1v) is 12.6. The number of aryl methyl sites for hydroxylation is 1. The smallest absolute Gasteiger partial charge is 0.267 e. The van der Waals surface area contributed by atoms with Gasteiger partial charge in [-0.05, 0) is 36.8 Å². The number of amides is 1. The van der Waals surface area contributed by atoms with E-state index in [0.717, 1.165) is 18.7 Å². The van der Waals surface area contributed by atoms with Crippen LogP contribution in [0.2, 0.25) is 0 Å². The summed E-state index contributed by atoms with van der Waals surface area (Å²) in [5.74, 6) is 0.383. The molecule has 0 spiro atoms. The number of thioether (sulfide) groups is 1. The molecule has 2 aromatic heterocycles. The van der Waals surface area contributed by atoms with E-state index < -0.39 is 0 Å². The molecule has 178 valence electrons. The summed E-state index contributed by atoms with van der Waals surface area (Å²) in [6.07, 6.45) is 5.08. The Hall–Kier alpha value is -3.43. The second kappa shape index (κ2) is 9.67. The van der Waals surface area contributed by atoms with Gasteiger partial charge < -0.3 is 9.80 Å². The number of anilines is 2. The summed E-state index contributed by atoms with van der Waals surface area (Å²) in [7, 11) is 0. The number of hydrogen-bond donors (Lipinski definition) is 0. The lowest BCUT2D eigenvalue weighted by molar-refractivity contribution is -0.121. The van der Waals surface area contributed by atoms with Crippen LogP contribution in [-0.4, -0.2) is 57.2 Å². The maximum atomic E-state index is 13.7. The third-order valence-corrected chi connectivity index (χ3v) is 7.52. The third-order valence-electron chi connectivity index (χ3n) is 6.15. The van der Waals surface area contributed by atoms with Gasteiger partial charge in [-0.1, -0.05) is 54.3 Å². The first-order valence-electron chi connectivity index (χ1n) is 11.4. The highest BCUT2D eigenvalue weighted by atomic mass is 32.2.